The minimum atomic E-state index is -3.40. The van der Waals surface area contributed by atoms with Crippen LogP contribution in [-0.4, -0.2) is 175 Å². The summed E-state index contributed by atoms with van der Waals surface area (Å²) >= 11 is 0. The number of aliphatic hydroxyl groups excluding tert-OH is 2. The number of H-pyrrole nitrogens is 2. The summed E-state index contributed by atoms with van der Waals surface area (Å²) in [5, 5.41) is 67.8. The molecule has 0 radical (unpaired) electrons. The number of rotatable bonds is 17. The van der Waals surface area contributed by atoms with Crippen molar-refractivity contribution < 1.29 is 71.5 Å². The Labute approximate surface area is 835 Å². The summed E-state index contributed by atoms with van der Waals surface area (Å²) < 4.78 is 190. The first-order chi connectivity index (χ1) is 69.8. The van der Waals surface area contributed by atoms with Crippen molar-refractivity contribution in [2.45, 2.75) is 190 Å². The lowest BCUT2D eigenvalue weighted by Gasteiger charge is -2.38. The standard InChI is InChI=1S/2C27H24F4N6O.C27H30F2N6OS.C26H19F2N5O/c2*1-25(2)14-10-11-27(25,21-13(14)12-18(34-35-21)20-15(28)6-4-7-16(20)29)19-9-5-8-17(32-19)23-33-24(37-36-23)22(38)26(3,30)31;1-26(2)18-8-10-27(26,24-17(18)16-21(32-33-24)23-19(28)6-5-7-20(23)29)22-9-11-30-25(31-22)34-12-14-35(15-13-34)37(3,4)36;1-4-14-13-34-24(30-14)20-11-29-12-21(31-20)26-9-8-16(25(26,2)3)15-10-19(32-33-23(15)26)22-17(27)6-5-7-18(22)28/h2*4-9,12,14,22,38H,10-11H2,1-3H3,(H,33,36,37);5-7,9,11,16,18H,3,8,10,12-15H2,1-2,4H3;1,5-7,10-13,16H,8-9H2,2-3H3/t14-,22+,27-;14-,22-,27-;18-,27-,37?;16-,26-/m0000/s1. The molecule has 12 heterocycles. The fourth-order valence-corrected chi connectivity index (χ4v) is 26.2. The normalized spacial score (nSPS) is 23.3. The van der Waals surface area contributed by atoms with Crippen LogP contribution in [0, 0.1) is 80.5 Å². The van der Waals surface area contributed by atoms with Gasteiger partial charge in [0, 0.05) is 68.4 Å². The molecule has 0 amide bonds. The number of nitrogens with one attached hydrogen (secondary N) is 2. The van der Waals surface area contributed by atoms with E-state index in [4.69, 9.17) is 30.8 Å². The summed E-state index contributed by atoms with van der Waals surface area (Å²) in [6.45, 7) is 21.1. The highest BCUT2D eigenvalue weighted by atomic mass is 32.2. The van der Waals surface area contributed by atoms with Gasteiger partial charge in [-0.05, 0) is 234 Å². The summed E-state index contributed by atoms with van der Waals surface area (Å²) in [4.78, 5) is 43.1. The molecule has 4 N–H and O–H groups in total. The Morgan fingerprint density at radius 2 is 0.762 bits per heavy atom. The monoisotopic (exact) mass is 2030 g/mol. The molecule has 4 aromatic carbocycles. The number of hydrogen-bond acceptors (Lipinski definition) is 24. The molecule has 8 aliphatic carbocycles. The molecule has 4 saturated carbocycles. The summed E-state index contributed by atoms with van der Waals surface area (Å²) in [5.41, 5.74) is 7.71. The van der Waals surface area contributed by atoms with E-state index in [1.807, 2.05) is 28.6 Å². The first-order valence-electron chi connectivity index (χ1n) is 47.9. The molecule has 1 unspecified atom stereocenters. The zero-order valence-electron chi connectivity index (χ0n) is 81.4. The maximum atomic E-state index is 14.5. The fraction of sp³-hybridized carbons (Fsp3) is 0.364. The van der Waals surface area contributed by atoms with E-state index in [1.165, 1.54) is 79.1 Å². The van der Waals surface area contributed by atoms with E-state index >= 15 is 0 Å². The summed E-state index contributed by atoms with van der Waals surface area (Å²) in [5.74, 6) is -5.22. The molecular formula is C107H97F12N23O4S. The van der Waals surface area contributed by atoms with Crippen LogP contribution in [-0.2, 0) is 31.4 Å². The summed E-state index contributed by atoms with van der Waals surface area (Å²) in [7, 11) is -2.24. The van der Waals surface area contributed by atoms with E-state index in [9.17, 15) is 67.1 Å². The Kier molecular flexibility index (Phi) is 23.8. The van der Waals surface area contributed by atoms with Crippen molar-refractivity contribution >= 4 is 21.5 Å². The quantitative estimate of drug-likeness (QED) is 0.0374. The molecule has 11 aromatic heterocycles. The number of anilines is 1. The lowest BCUT2D eigenvalue weighted by atomic mass is 9.66. The van der Waals surface area contributed by atoms with E-state index in [-0.39, 0.29) is 114 Å². The van der Waals surface area contributed by atoms with Gasteiger partial charge in [0.15, 0.2) is 41.2 Å². The van der Waals surface area contributed by atoms with Crippen LogP contribution < -0.4 is 4.90 Å². The Bertz CT molecular complexity index is 7670. The van der Waals surface area contributed by atoms with Gasteiger partial charge < -0.3 is 19.5 Å². The maximum Gasteiger partial charge on any atom is 0.277 e. The first kappa shape index (κ1) is 98.6. The number of hydrogen-bond donors (Lipinski definition) is 4. The number of benzene rings is 4. The van der Waals surface area contributed by atoms with Crippen LogP contribution in [0.15, 0.2) is 169 Å². The molecule has 1 saturated heterocycles. The van der Waals surface area contributed by atoms with Crippen molar-refractivity contribution in [1.29, 1.82) is 0 Å². The molecule has 8 bridgehead atoms. The predicted octanol–water partition coefficient (Wildman–Crippen LogP) is 19.8. The summed E-state index contributed by atoms with van der Waals surface area (Å²) in [6.07, 6.45) is 15.9. The number of fused-ring (bicyclic) bond motifs is 20. The van der Waals surface area contributed by atoms with Gasteiger partial charge in [-0.2, -0.15) is 35.6 Å². The number of oxazole rings is 1. The lowest BCUT2D eigenvalue weighted by molar-refractivity contribution is -0.0991. The number of alkyl halides is 4. The van der Waals surface area contributed by atoms with Crippen molar-refractivity contribution in [1.82, 2.24) is 110 Å². The number of piperazine rings is 1. The number of aromatic amines is 2. The lowest BCUT2D eigenvalue weighted by Crippen LogP contribution is -2.49. The van der Waals surface area contributed by atoms with Gasteiger partial charge in [0.1, 0.15) is 69.9 Å². The van der Waals surface area contributed by atoms with Gasteiger partial charge in [-0.25, -0.2) is 91.9 Å². The fourth-order valence-electron chi connectivity index (χ4n) is 25.3. The molecule has 754 valence electrons. The maximum absolute atomic E-state index is 14.5. The van der Waals surface area contributed by atoms with Gasteiger partial charge >= 0.3 is 0 Å². The molecular weight excluding hydrogens is 1930 g/mol. The third kappa shape index (κ3) is 15.4. The third-order valence-corrected chi connectivity index (χ3v) is 34.3. The number of aliphatic hydroxyl groups is 2. The van der Waals surface area contributed by atoms with Crippen LogP contribution >= 0.6 is 0 Å². The average molecular weight is 2030 g/mol. The van der Waals surface area contributed by atoms with Crippen LogP contribution in [0.25, 0.3) is 79.7 Å². The van der Waals surface area contributed by atoms with Crippen LogP contribution in [0.2, 0.25) is 0 Å². The topological polar surface area (TPSA) is 354 Å². The number of halogens is 12. The Hall–Kier alpha value is -14.4. The van der Waals surface area contributed by atoms with E-state index in [0.717, 1.165) is 96.4 Å². The molecule has 11 atom stereocenters. The van der Waals surface area contributed by atoms with Crippen LogP contribution in [0.1, 0.15) is 242 Å². The van der Waals surface area contributed by atoms with Gasteiger partial charge in [0.2, 0.25) is 11.8 Å². The zero-order chi connectivity index (χ0) is 104. The molecule has 1 aliphatic heterocycles. The molecule has 5 fully saturated rings. The van der Waals surface area contributed by atoms with Gasteiger partial charge in [-0.15, -0.1) is 26.8 Å². The van der Waals surface area contributed by atoms with Gasteiger partial charge in [-0.1, -0.05) is 91.8 Å². The molecule has 9 aliphatic rings. The van der Waals surface area contributed by atoms with E-state index in [1.54, 1.807) is 67.3 Å². The summed E-state index contributed by atoms with van der Waals surface area (Å²) in [6, 6.07) is 34.6. The molecule has 27 nitrogen and oxygen atoms in total. The van der Waals surface area contributed by atoms with E-state index in [0.29, 0.717) is 97.4 Å². The zero-order valence-corrected chi connectivity index (χ0v) is 82.2. The highest BCUT2D eigenvalue weighted by Gasteiger charge is 2.70. The molecule has 147 heavy (non-hydrogen) atoms. The van der Waals surface area contributed by atoms with Gasteiger partial charge in [0.05, 0.1) is 118 Å². The molecule has 15 aromatic rings. The number of pyridine rings is 2. The largest absolute Gasteiger partial charge is 0.442 e. The van der Waals surface area contributed by atoms with E-state index in [2.05, 4.69) is 158 Å². The van der Waals surface area contributed by atoms with Crippen LogP contribution in [0.5, 0.6) is 0 Å². The smallest absolute Gasteiger partial charge is 0.277 e. The van der Waals surface area contributed by atoms with E-state index < -0.39 is 102 Å². The highest BCUT2D eigenvalue weighted by Crippen LogP contribution is 2.74. The third-order valence-electron chi connectivity index (χ3n) is 32.8. The Morgan fingerprint density at radius 3 is 1.09 bits per heavy atom. The minimum absolute atomic E-state index is 0.0593. The van der Waals surface area contributed by atoms with Crippen LogP contribution in [0.3, 0.4) is 0 Å². The SMILES string of the molecule is C#Cc1coc(-c2cncc([C@@]34CC[C@@H](c5cc(-c6c(F)cccc6F)nnc53)C4(C)C)n2)n1.C=S(C)(=O)N1CCN(c2nccc([C@@]34CC[C@@H](c5cc(-c6c(F)cccc6F)nnc53)C4(C)C)n2)CC1.CC(F)(F)[C@@H](O)c1nc(-c2cccc([C@@]34CC[C@@H](c5cc(-c6c(F)cccc6F)nnc53)C4(C)C)n2)n[nH]1.CC(F)(F)[C@H](O)c1nc(-c2cccc([C@@]34CC[C@@H](c5cc(-c6c(F)cccc6F)nnc53)C4(C)C)n2)n[nH]1. The van der Waals surface area contributed by atoms with Gasteiger partial charge in [-0.3, -0.25) is 19.4 Å². The molecule has 40 heteroatoms. The first-order valence-corrected chi connectivity index (χ1v) is 50.0. The predicted molar refractivity (Wildman–Crippen MR) is 519 cm³/mol. The Morgan fingerprint density at radius 1 is 0.435 bits per heavy atom. The average Bonchev–Trinajstić information content (AvgIpc) is 1.53. The highest BCUT2D eigenvalue weighted by molar-refractivity contribution is 7.97. The number of nitrogens with zero attached hydrogens (tertiary/aromatic N) is 21. The van der Waals surface area contributed by atoms with Crippen molar-refractivity contribution in [3.05, 3.63) is 296 Å². The second-order valence-corrected chi connectivity index (χ2v) is 44.0. The number of terminal acetylenes is 1. The van der Waals surface area contributed by atoms with Crippen molar-refractivity contribution in [2.75, 3.05) is 37.3 Å². The minimum Gasteiger partial charge on any atom is -0.442 e. The van der Waals surface area contributed by atoms with Crippen molar-refractivity contribution in [3.8, 4) is 92.0 Å². The number of aromatic nitrogens is 21. The van der Waals surface area contributed by atoms with Gasteiger partial charge in [0.25, 0.3) is 11.8 Å². The van der Waals surface area contributed by atoms with Crippen molar-refractivity contribution in [2.24, 2.45) is 21.7 Å². The molecule has 0 spiro atoms. The van der Waals surface area contributed by atoms with Crippen LogP contribution in [0.4, 0.5) is 58.6 Å². The molecule has 24 rings (SSSR count). The Balaban J connectivity index is 0.000000115. The second kappa shape index (κ2) is 35.4. The van der Waals surface area contributed by atoms with Crippen molar-refractivity contribution in [3.63, 3.8) is 0 Å². The second-order valence-electron chi connectivity index (χ2n) is 41.6.